The minimum Gasteiger partial charge on any atom is -0.463 e. The van der Waals surface area contributed by atoms with Crippen LogP contribution in [-0.2, 0) is 19.0 Å². The number of rotatable bonds is 3. The average Bonchev–Trinajstić information content (AvgIpc) is 2.54. The van der Waals surface area contributed by atoms with E-state index >= 15 is 0 Å². The fourth-order valence-corrected chi connectivity index (χ4v) is 1.33. The van der Waals surface area contributed by atoms with Crippen molar-refractivity contribution in [2.75, 3.05) is 7.11 Å². The summed E-state index contributed by atoms with van der Waals surface area (Å²) in [6.07, 6.45) is 2.13. The van der Waals surface area contributed by atoms with Gasteiger partial charge in [-0.15, -0.1) is 0 Å². The molecule has 1 rings (SSSR count). The van der Waals surface area contributed by atoms with Crippen LogP contribution in [0.15, 0.2) is 23.7 Å². The van der Waals surface area contributed by atoms with Crippen LogP contribution in [-0.4, -0.2) is 30.1 Å². The Morgan fingerprint density at radius 1 is 1.50 bits per heavy atom. The van der Waals surface area contributed by atoms with E-state index in [2.05, 4.69) is 4.74 Å². The monoisotopic (exact) mass is 228 g/mol. The van der Waals surface area contributed by atoms with Crippen molar-refractivity contribution in [1.29, 1.82) is 0 Å². The van der Waals surface area contributed by atoms with E-state index in [0.717, 1.165) is 0 Å². The molecule has 0 spiro atoms. The molecule has 1 aliphatic rings. The minimum atomic E-state index is -1.01. The normalized spacial score (nSPS) is 20.6. The fraction of sp³-hybridized carbons (Fsp3) is 0.545. The van der Waals surface area contributed by atoms with Crippen molar-refractivity contribution in [3.05, 3.63) is 23.7 Å². The largest absolute Gasteiger partial charge is 0.463 e. The standard InChI is InChI=1S/C11H16O5/c1-5-6-7(12)8-9(10(13)14-4)16-11(2,3)15-8/h5-7,12H,1-4H3/b6-5+. The van der Waals surface area contributed by atoms with E-state index in [1.54, 1.807) is 26.8 Å². The third-order valence-corrected chi connectivity index (χ3v) is 1.94. The van der Waals surface area contributed by atoms with Gasteiger partial charge in [-0.3, -0.25) is 0 Å². The first-order valence-electron chi connectivity index (χ1n) is 4.92. The van der Waals surface area contributed by atoms with Crippen molar-refractivity contribution >= 4 is 5.97 Å². The number of esters is 1. The molecule has 90 valence electrons. The van der Waals surface area contributed by atoms with E-state index < -0.39 is 17.9 Å². The van der Waals surface area contributed by atoms with Gasteiger partial charge < -0.3 is 19.3 Å². The molecule has 0 radical (unpaired) electrons. The summed E-state index contributed by atoms with van der Waals surface area (Å²) in [5, 5.41) is 9.74. The van der Waals surface area contributed by atoms with Crippen LogP contribution in [0.4, 0.5) is 0 Å². The summed E-state index contributed by atoms with van der Waals surface area (Å²) in [5.41, 5.74) is 0. The summed E-state index contributed by atoms with van der Waals surface area (Å²) in [4.78, 5) is 11.4. The molecule has 5 nitrogen and oxygen atoms in total. The molecule has 0 aromatic heterocycles. The number of allylic oxidation sites excluding steroid dienone is 1. The Morgan fingerprint density at radius 2 is 2.12 bits per heavy atom. The van der Waals surface area contributed by atoms with E-state index in [1.807, 2.05) is 0 Å². The van der Waals surface area contributed by atoms with Crippen LogP contribution in [0.1, 0.15) is 20.8 Å². The average molecular weight is 228 g/mol. The molecule has 0 saturated heterocycles. The second kappa shape index (κ2) is 4.57. The number of carbonyl (C=O) groups excluding carboxylic acids is 1. The number of carbonyl (C=O) groups is 1. The summed E-state index contributed by atoms with van der Waals surface area (Å²) >= 11 is 0. The first-order chi connectivity index (χ1) is 7.41. The van der Waals surface area contributed by atoms with Crippen LogP contribution < -0.4 is 0 Å². The maximum Gasteiger partial charge on any atom is 0.377 e. The van der Waals surface area contributed by atoms with Gasteiger partial charge in [0.25, 0.3) is 0 Å². The molecule has 0 fully saturated rings. The third-order valence-electron chi connectivity index (χ3n) is 1.94. The third kappa shape index (κ3) is 2.55. The van der Waals surface area contributed by atoms with Gasteiger partial charge in [-0.05, 0) is 6.92 Å². The van der Waals surface area contributed by atoms with Gasteiger partial charge in [0.15, 0.2) is 5.76 Å². The zero-order valence-electron chi connectivity index (χ0n) is 9.81. The van der Waals surface area contributed by atoms with Gasteiger partial charge >= 0.3 is 5.97 Å². The van der Waals surface area contributed by atoms with Crippen molar-refractivity contribution in [3.63, 3.8) is 0 Å². The molecule has 0 saturated carbocycles. The molecule has 5 heteroatoms. The molecular formula is C11H16O5. The molecule has 1 atom stereocenters. The summed E-state index contributed by atoms with van der Waals surface area (Å²) < 4.78 is 15.2. The molecule has 0 aromatic rings. The predicted molar refractivity (Wildman–Crippen MR) is 56.1 cm³/mol. The first kappa shape index (κ1) is 12.6. The lowest BCUT2D eigenvalue weighted by atomic mass is 10.2. The second-order valence-corrected chi connectivity index (χ2v) is 3.76. The molecule has 0 amide bonds. The Hall–Kier alpha value is -1.49. The molecule has 1 aliphatic heterocycles. The number of aliphatic hydroxyl groups excluding tert-OH is 1. The topological polar surface area (TPSA) is 65.0 Å². The Labute approximate surface area is 94.3 Å². The van der Waals surface area contributed by atoms with Crippen molar-refractivity contribution in [1.82, 2.24) is 0 Å². The number of methoxy groups -OCH3 is 1. The lowest BCUT2D eigenvalue weighted by molar-refractivity contribution is -0.153. The Balaban J connectivity index is 3.02. The Bertz CT molecular complexity index is 340. The van der Waals surface area contributed by atoms with Crippen LogP contribution in [0.25, 0.3) is 0 Å². The SMILES string of the molecule is C/C=C/C(O)C1=C(C(=O)OC)OC(C)(C)O1. The zero-order chi connectivity index (χ0) is 12.3. The van der Waals surface area contributed by atoms with Crippen molar-refractivity contribution in [2.24, 2.45) is 0 Å². The molecule has 0 aliphatic carbocycles. The molecule has 0 bridgehead atoms. The number of hydrogen-bond donors (Lipinski definition) is 1. The molecule has 0 aromatic carbocycles. The Kier molecular flexibility index (Phi) is 3.59. The van der Waals surface area contributed by atoms with Crippen molar-refractivity contribution in [2.45, 2.75) is 32.7 Å². The summed E-state index contributed by atoms with van der Waals surface area (Å²) in [7, 11) is 1.24. The minimum absolute atomic E-state index is 0.0787. The maximum atomic E-state index is 11.4. The van der Waals surface area contributed by atoms with Gasteiger partial charge in [-0.2, -0.15) is 0 Å². The fourth-order valence-electron chi connectivity index (χ4n) is 1.33. The lowest BCUT2D eigenvalue weighted by Crippen LogP contribution is -2.23. The highest BCUT2D eigenvalue weighted by Crippen LogP contribution is 2.33. The number of ether oxygens (including phenoxy) is 3. The van der Waals surface area contributed by atoms with Crippen molar-refractivity contribution < 1.29 is 24.1 Å². The summed E-state index contributed by atoms with van der Waals surface area (Å²) in [5.74, 6) is -1.64. The predicted octanol–water partition coefficient (Wildman–Crippen LogP) is 1.09. The van der Waals surface area contributed by atoms with Crippen LogP contribution in [0.2, 0.25) is 0 Å². The quantitative estimate of drug-likeness (QED) is 0.578. The molecule has 1 heterocycles. The maximum absolute atomic E-state index is 11.4. The van der Waals surface area contributed by atoms with E-state index in [4.69, 9.17) is 9.47 Å². The highest BCUT2D eigenvalue weighted by molar-refractivity contribution is 5.87. The van der Waals surface area contributed by atoms with Gasteiger partial charge in [0.1, 0.15) is 6.10 Å². The van der Waals surface area contributed by atoms with Crippen LogP contribution in [0.5, 0.6) is 0 Å². The highest BCUT2D eigenvalue weighted by Gasteiger charge is 2.40. The summed E-state index contributed by atoms with van der Waals surface area (Å²) in [6, 6.07) is 0. The molecular weight excluding hydrogens is 212 g/mol. The van der Waals surface area contributed by atoms with Gasteiger partial charge in [0, 0.05) is 13.8 Å². The van der Waals surface area contributed by atoms with Crippen LogP contribution >= 0.6 is 0 Å². The van der Waals surface area contributed by atoms with E-state index in [9.17, 15) is 9.90 Å². The Morgan fingerprint density at radius 3 is 2.62 bits per heavy atom. The highest BCUT2D eigenvalue weighted by atomic mass is 16.7. The number of aliphatic hydroxyl groups is 1. The first-order valence-corrected chi connectivity index (χ1v) is 4.92. The van der Waals surface area contributed by atoms with Crippen LogP contribution in [0.3, 0.4) is 0 Å². The van der Waals surface area contributed by atoms with Gasteiger partial charge in [-0.1, -0.05) is 12.2 Å². The second-order valence-electron chi connectivity index (χ2n) is 3.76. The van der Waals surface area contributed by atoms with E-state index in [0.29, 0.717) is 0 Å². The lowest BCUT2D eigenvalue weighted by Gasteiger charge is -2.19. The molecule has 1 N–H and O–H groups in total. The van der Waals surface area contributed by atoms with Gasteiger partial charge in [-0.25, -0.2) is 4.79 Å². The smallest absolute Gasteiger partial charge is 0.377 e. The zero-order valence-corrected chi connectivity index (χ0v) is 9.81. The van der Waals surface area contributed by atoms with E-state index in [-0.39, 0.29) is 11.5 Å². The number of hydrogen-bond acceptors (Lipinski definition) is 5. The summed E-state index contributed by atoms with van der Waals surface area (Å²) in [6.45, 7) is 5.04. The van der Waals surface area contributed by atoms with Gasteiger partial charge in [0.2, 0.25) is 11.5 Å². The molecule has 1 unspecified atom stereocenters. The van der Waals surface area contributed by atoms with Crippen molar-refractivity contribution in [3.8, 4) is 0 Å². The van der Waals surface area contributed by atoms with Crippen LogP contribution in [0, 0.1) is 0 Å². The molecule has 16 heavy (non-hydrogen) atoms. The van der Waals surface area contributed by atoms with Gasteiger partial charge in [0.05, 0.1) is 7.11 Å². The van der Waals surface area contributed by atoms with E-state index in [1.165, 1.54) is 13.2 Å².